The number of rotatable bonds is 2. The summed E-state index contributed by atoms with van der Waals surface area (Å²) in [5.41, 5.74) is -0.390. The number of hydrogen-bond acceptors (Lipinski definition) is 4. The normalized spacial score (nSPS) is 14.9. The minimum Gasteiger partial charge on any atom is -0.324 e. The van der Waals surface area contributed by atoms with E-state index in [0.29, 0.717) is 24.2 Å². The molecule has 1 aliphatic rings. The molecule has 0 N–H and O–H groups in total. The summed E-state index contributed by atoms with van der Waals surface area (Å²) in [4.78, 5) is 35.5. The quantitative estimate of drug-likeness (QED) is 0.641. The van der Waals surface area contributed by atoms with Crippen molar-refractivity contribution in [2.75, 3.05) is 13.1 Å². The maximum Gasteiger partial charge on any atom is 0.416 e. The third-order valence-corrected chi connectivity index (χ3v) is 5.03. The summed E-state index contributed by atoms with van der Waals surface area (Å²) in [5, 5.41) is 0. The number of carbonyl (C=O) groups excluding carboxylic acids is 1. The fourth-order valence-corrected chi connectivity index (χ4v) is 3.42. The average Bonchev–Trinajstić information content (AvgIpc) is 3.33. The second-order valence-corrected chi connectivity index (χ2v) is 7.05. The minimum absolute atomic E-state index is 0.165. The number of fused-ring (bicyclic) bond motifs is 1. The van der Waals surface area contributed by atoms with Crippen LogP contribution in [0.25, 0.3) is 23.3 Å². The maximum absolute atomic E-state index is 12.9. The van der Waals surface area contributed by atoms with Gasteiger partial charge < -0.3 is 4.90 Å². The molecule has 30 heavy (non-hydrogen) atoms. The van der Waals surface area contributed by atoms with Crippen molar-refractivity contribution < 1.29 is 18.0 Å². The Morgan fingerprint density at radius 3 is 2.60 bits per heavy atom. The molecule has 0 saturated carbocycles. The molecule has 0 atom stereocenters. The van der Waals surface area contributed by atoms with E-state index >= 15 is 0 Å². The van der Waals surface area contributed by atoms with Crippen LogP contribution in [0.4, 0.5) is 18.0 Å². The van der Waals surface area contributed by atoms with Gasteiger partial charge in [0.25, 0.3) is 0 Å². The Morgan fingerprint density at radius 2 is 1.90 bits per heavy atom. The summed E-state index contributed by atoms with van der Waals surface area (Å²) >= 11 is 0. The van der Waals surface area contributed by atoms with Gasteiger partial charge in [0, 0.05) is 20.1 Å². The van der Waals surface area contributed by atoms with E-state index in [-0.39, 0.29) is 11.5 Å². The van der Waals surface area contributed by atoms with Gasteiger partial charge >= 0.3 is 17.9 Å². The number of hydrogen-bond donors (Lipinski definition) is 0. The van der Waals surface area contributed by atoms with Crippen LogP contribution < -0.4 is 5.69 Å². The highest BCUT2D eigenvalue weighted by Crippen LogP contribution is 2.29. The molecular formula is C20H18F3N5O2. The standard InChI is InChI=1S/C20H18F3N5O2/c1-26-15-12-24-16(8-7-13-5-4-6-14(11-13)20(21,22)23)25-17(15)28(18(26)29)19(30)27-9-2-3-10-27/h4-8,11-12H,2-3,9-10H2,1H3. The molecule has 0 spiro atoms. The van der Waals surface area contributed by atoms with Crippen molar-refractivity contribution in [3.8, 4) is 0 Å². The van der Waals surface area contributed by atoms with Crippen molar-refractivity contribution in [3.05, 3.63) is 57.9 Å². The first-order valence-corrected chi connectivity index (χ1v) is 9.35. The molecule has 10 heteroatoms. The molecule has 2 aromatic heterocycles. The van der Waals surface area contributed by atoms with Gasteiger partial charge in [-0.25, -0.2) is 19.6 Å². The molecule has 1 aliphatic heterocycles. The molecular weight excluding hydrogens is 399 g/mol. The van der Waals surface area contributed by atoms with Gasteiger partial charge in [0.05, 0.1) is 11.8 Å². The molecule has 1 fully saturated rings. The molecule has 156 valence electrons. The molecule has 7 nitrogen and oxygen atoms in total. The Kier molecular flexibility index (Phi) is 4.92. The molecule has 0 bridgehead atoms. The molecule has 1 amide bonds. The SMILES string of the molecule is Cn1c(=O)n(C(=O)N2CCCC2)c2nc(C=Cc3cccc(C(F)(F)F)c3)ncc21. The summed E-state index contributed by atoms with van der Waals surface area (Å²) in [5.74, 6) is 0.175. The van der Waals surface area contributed by atoms with Crippen LogP contribution in [-0.4, -0.2) is 43.1 Å². The van der Waals surface area contributed by atoms with E-state index in [1.807, 2.05) is 0 Å². The Hall–Kier alpha value is -3.43. The summed E-state index contributed by atoms with van der Waals surface area (Å²) in [6.45, 7) is 1.16. The van der Waals surface area contributed by atoms with Gasteiger partial charge in [-0.05, 0) is 36.6 Å². The Bertz CT molecular complexity index is 1200. The number of halogens is 3. The second-order valence-electron chi connectivity index (χ2n) is 7.05. The van der Waals surface area contributed by atoms with Crippen molar-refractivity contribution >= 4 is 29.3 Å². The first-order chi connectivity index (χ1) is 14.3. The third kappa shape index (κ3) is 3.60. The number of amides is 1. The predicted octanol–water partition coefficient (Wildman–Crippen LogP) is 3.38. The molecule has 0 aliphatic carbocycles. The van der Waals surface area contributed by atoms with Crippen LogP contribution in [-0.2, 0) is 13.2 Å². The van der Waals surface area contributed by atoms with E-state index in [9.17, 15) is 22.8 Å². The van der Waals surface area contributed by atoms with Gasteiger partial charge in [0.1, 0.15) is 5.52 Å². The summed E-state index contributed by atoms with van der Waals surface area (Å²) in [6.07, 6.45) is 1.64. The lowest BCUT2D eigenvalue weighted by Crippen LogP contribution is -2.38. The van der Waals surface area contributed by atoms with E-state index < -0.39 is 23.5 Å². The van der Waals surface area contributed by atoms with Crippen molar-refractivity contribution in [2.24, 2.45) is 7.05 Å². The highest BCUT2D eigenvalue weighted by atomic mass is 19.4. The van der Waals surface area contributed by atoms with Gasteiger partial charge in [-0.3, -0.25) is 4.57 Å². The first-order valence-electron chi connectivity index (χ1n) is 9.35. The average molecular weight is 417 g/mol. The fraction of sp³-hybridized carbons (Fsp3) is 0.300. The predicted molar refractivity (Wildman–Crippen MR) is 105 cm³/mol. The first kappa shape index (κ1) is 19.9. The molecule has 1 aromatic carbocycles. The number of benzene rings is 1. The lowest BCUT2D eigenvalue weighted by atomic mass is 10.1. The highest BCUT2D eigenvalue weighted by Gasteiger charge is 2.30. The van der Waals surface area contributed by atoms with Gasteiger partial charge in [0.15, 0.2) is 11.5 Å². The van der Waals surface area contributed by atoms with E-state index in [0.717, 1.165) is 29.5 Å². The number of carbonyl (C=O) groups is 1. The number of aryl methyl sites for hydroxylation is 1. The second kappa shape index (κ2) is 7.43. The summed E-state index contributed by atoms with van der Waals surface area (Å²) in [6, 6.07) is 4.42. The van der Waals surface area contributed by atoms with Gasteiger partial charge in [-0.1, -0.05) is 18.2 Å². The van der Waals surface area contributed by atoms with Gasteiger partial charge in [-0.15, -0.1) is 0 Å². The van der Waals surface area contributed by atoms with Crippen LogP contribution in [0.3, 0.4) is 0 Å². The zero-order chi connectivity index (χ0) is 21.5. The van der Waals surface area contributed by atoms with Crippen molar-refractivity contribution in [1.29, 1.82) is 0 Å². The minimum atomic E-state index is -4.44. The van der Waals surface area contributed by atoms with Crippen LogP contribution in [0.5, 0.6) is 0 Å². The van der Waals surface area contributed by atoms with Crippen LogP contribution in [0, 0.1) is 0 Å². The Morgan fingerprint density at radius 1 is 1.17 bits per heavy atom. The lowest BCUT2D eigenvalue weighted by molar-refractivity contribution is -0.137. The highest BCUT2D eigenvalue weighted by molar-refractivity contribution is 5.87. The van der Waals surface area contributed by atoms with Crippen molar-refractivity contribution in [1.82, 2.24) is 24.0 Å². The number of alkyl halides is 3. The van der Waals surface area contributed by atoms with Crippen LogP contribution in [0.15, 0.2) is 35.3 Å². The van der Waals surface area contributed by atoms with E-state index in [1.165, 1.54) is 42.1 Å². The molecule has 1 saturated heterocycles. The van der Waals surface area contributed by atoms with Gasteiger partial charge in [0.2, 0.25) is 0 Å². The zero-order valence-electron chi connectivity index (χ0n) is 16.1. The van der Waals surface area contributed by atoms with Crippen molar-refractivity contribution in [2.45, 2.75) is 19.0 Å². The summed E-state index contributed by atoms with van der Waals surface area (Å²) in [7, 11) is 1.53. The molecule has 4 rings (SSSR count). The van der Waals surface area contributed by atoms with Crippen LogP contribution >= 0.6 is 0 Å². The monoisotopic (exact) mass is 417 g/mol. The smallest absolute Gasteiger partial charge is 0.324 e. The molecule has 3 aromatic rings. The van der Waals surface area contributed by atoms with Crippen molar-refractivity contribution in [3.63, 3.8) is 0 Å². The van der Waals surface area contributed by atoms with E-state index in [2.05, 4.69) is 9.97 Å². The maximum atomic E-state index is 12.9. The topological polar surface area (TPSA) is 73.0 Å². The molecule has 0 radical (unpaired) electrons. The Labute approximate surface area is 169 Å². The van der Waals surface area contributed by atoms with Crippen LogP contribution in [0.2, 0.25) is 0 Å². The lowest BCUT2D eigenvalue weighted by Gasteiger charge is -2.14. The molecule has 3 heterocycles. The largest absolute Gasteiger partial charge is 0.416 e. The Balaban J connectivity index is 1.71. The zero-order valence-corrected chi connectivity index (χ0v) is 16.1. The summed E-state index contributed by atoms with van der Waals surface area (Å²) < 4.78 is 40.9. The number of imidazole rings is 1. The molecule has 0 unspecified atom stereocenters. The van der Waals surface area contributed by atoms with Crippen LogP contribution in [0.1, 0.15) is 29.8 Å². The van der Waals surface area contributed by atoms with Gasteiger partial charge in [-0.2, -0.15) is 17.7 Å². The van der Waals surface area contributed by atoms with E-state index in [1.54, 1.807) is 4.90 Å². The van der Waals surface area contributed by atoms with E-state index in [4.69, 9.17) is 0 Å². The third-order valence-electron chi connectivity index (χ3n) is 5.03. The number of aromatic nitrogens is 4. The fourth-order valence-electron chi connectivity index (χ4n) is 3.42. The number of likely N-dealkylation sites (tertiary alicyclic amines) is 1. The number of nitrogens with zero attached hydrogens (tertiary/aromatic N) is 5.